The van der Waals surface area contributed by atoms with Gasteiger partial charge >= 0.3 is 0 Å². The molecule has 7 nitrogen and oxygen atoms in total. The van der Waals surface area contributed by atoms with Crippen LogP contribution in [0.2, 0.25) is 0 Å². The molecule has 166 valence electrons. The van der Waals surface area contributed by atoms with Gasteiger partial charge in [-0.15, -0.1) is 11.8 Å². The van der Waals surface area contributed by atoms with E-state index in [9.17, 15) is 14.4 Å². The number of piperidine rings is 1. The molecule has 3 heterocycles. The van der Waals surface area contributed by atoms with E-state index < -0.39 is 11.4 Å². The van der Waals surface area contributed by atoms with Crippen LogP contribution >= 0.6 is 11.8 Å². The molecular formula is C24H25N3O4S. The Labute approximate surface area is 191 Å². The van der Waals surface area contributed by atoms with E-state index in [0.29, 0.717) is 11.4 Å². The second-order valence-corrected chi connectivity index (χ2v) is 9.51. The summed E-state index contributed by atoms with van der Waals surface area (Å²) in [5.74, 6) is 0.0815. The summed E-state index contributed by atoms with van der Waals surface area (Å²) >= 11 is 1.40. The van der Waals surface area contributed by atoms with Crippen molar-refractivity contribution in [3.63, 3.8) is 0 Å². The third-order valence-electron chi connectivity index (χ3n) is 6.08. The van der Waals surface area contributed by atoms with Crippen LogP contribution in [0.3, 0.4) is 0 Å². The van der Waals surface area contributed by atoms with Crippen LogP contribution in [-0.2, 0) is 14.4 Å². The number of fused-ring (bicyclic) bond motifs is 2. The first-order chi connectivity index (χ1) is 15.6. The number of carbonyl (C=O) groups excluding carboxylic acids is 3. The summed E-state index contributed by atoms with van der Waals surface area (Å²) in [7, 11) is 0. The highest BCUT2D eigenvalue weighted by Gasteiger charge is 2.38. The number of amides is 3. The zero-order valence-corrected chi connectivity index (χ0v) is 18.5. The fraction of sp³-hybridized carbons (Fsp3) is 0.375. The van der Waals surface area contributed by atoms with Crippen LogP contribution in [0, 0.1) is 0 Å². The monoisotopic (exact) mass is 451 g/mol. The third kappa shape index (κ3) is 4.07. The number of benzene rings is 2. The van der Waals surface area contributed by atoms with Crippen molar-refractivity contribution in [3.05, 3.63) is 48.5 Å². The fourth-order valence-corrected chi connectivity index (χ4v) is 5.51. The van der Waals surface area contributed by atoms with Gasteiger partial charge in [0.15, 0.2) is 6.10 Å². The molecule has 1 N–H and O–H groups in total. The van der Waals surface area contributed by atoms with Gasteiger partial charge in [0.25, 0.3) is 5.91 Å². The Kier molecular flexibility index (Phi) is 5.78. The summed E-state index contributed by atoms with van der Waals surface area (Å²) in [5, 5.41) is 2.37. The molecule has 3 aliphatic heterocycles. The molecule has 1 fully saturated rings. The normalized spacial score (nSPS) is 22.3. The van der Waals surface area contributed by atoms with Crippen LogP contribution in [0.25, 0.3) is 0 Å². The van der Waals surface area contributed by atoms with E-state index in [0.717, 1.165) is 42.9 Å². The van der Waals surface area contributed by atoms with Crippen LogP contribution in [0.4, 0.5) is 11.4 Å². The topological polar surface area (TPSA) is 79.0 Å². The van der Waals surface area contributed by atoms with Gasteiger partial charge in [0, 0.05) is 24.4 Å². The molecule has 0 saturated carbocycles. The molecule has 3 aliphatic rings. The Morgan fingerprint density at radius 1 is 1.03 bits per heavy atom. The van der Waals surface area contributed by atoms with Crippen molar-refractivity contribution >= 4 is 40.9 Å². The Hall–Kier alpha value is -3.00. The van der Waals surface area contributed by atoms with Gasteiger partial charge in [-0.3, -0.25) is 14.4 Å². The van der Waals surface area contributed by atoms with E-state index in [1.54, 1.807) is 11.0 Å². The van der Waals surface area contributed by atoms with E-state index >= 15 is 0 Å². The van der Waals surface area contributed by atoms with Crippen molar-refractivity contribution < 1.29 is 19.1 Å². The lowest BCUT2D eigenvalue weighted by Crippen LogP contribution is -2.53. The average Bonchev–Trinajstić information content (AvgIpc) is 2.83. The lowest BCUT2D eigenvalue weighted by Gasteiger charge is -2.37. The van der Waals surface area contributed by atoms with E-state index in [2.05, 4.69) is 5.32 Å². The third-order valence-corrected chi connectivity index (χ3v) is 7.36. The molecule has 0 radical (unpaired) electrons. The molecule has 3 amide bonds. The maximum absolute atomic E-state index is 13.4. The Morgan fingerprint density at radius 2 is 1.78 bits per heavy atom. The van der Waals surface area contributed by atoms with Crippen LogP contribution < -0.4 is 15.0 Å². The first-order valence-electron chi connectivity index (χ1n) is 11.0. The van der Waals surface area contributed by atoms with E-state index in [-0.39, 0.29) is 30.7 Å². The number of likely N-dealkylation sites (tertiary alicyclic amines) is 1. The first-order valence-corrected chi connectivity index (χ1v) is 11.9. The minimum atomic E-state index is -0.736. The number of hydrogen-bond donors (Lipinski definition) is 1. The van der Waals surface area contributed by atoms with Crippen molar-refractivity contribution in [2.45, 2.75) is 41.9 Å². The van der Waals surface area contributed by atoms with E-state index in [1.807, 2.05) is 47.4 Å². The summed E-state index contributed by atoms with van der Waals surface area (Å²) in [5.41, 5.74) is 1.41. The Morgan fingerprint density at radius 3 is 2.62 bits per heavy atom. The molecule has 2 aromatic rings. The van der Waals surface area contributed by atoms with Gasteiger partial charge in [0.2, 0.25) is 11.8 Å². The number of thioether (sulfide) groups is 1. The summed E-state index contributed by atoms with van der Waals surface area (Å²) in [6, 6.07) is 14.8. The van der Waals surface area contributed by atoms with Gasteiger partial charge < -0.3 is 19.9 Å². The molecule has 5 rings (SSSR count). The number of hydrogen-bond acceptors (Lipinski definition) is 5. The van der Waals surface area contributed by atoms with Gasteiger partial charge in [0.05, 0.1) is 23.2 Å². The van der Waals surface area contributed by atoms with Crippen molar-refractivity contribution in [2.24, 2.45) is 0 Å². The van der Waals surface area contributed by atoms with Crippen molar-refractivity contribution in [2.75, 3.05) is 29.9 Å². The largest absolute Gasteiger partial charge is 0.476 e. The first kappa shape index (κ1) is 20.9. The van der Waals surface area contributed by atoms with Gasteiger partial charge in [-0.2, -0.15) is 0 Å². The number of rotatable bonds is 3. The molecule has 1 saturated heterocycles. The van der Waals surface area contributed by atoms with E-state index in [4.69, 9.17) is 4.74 Å². The predicted molar refractivity (Wildman–Crippen MR) is 123 cm³/mol. The molecule has 0 unspecified atom stereocenters. The molecule has 0 aliphatic carbocycles. The zero-order valence-electron chi connectivity index (χ0n) is 17.7. The standard InChI is InChI=1S/C24H25N3O4S/c28-22(14-21-23(29)25-16-8-2-5-11-20(16)32-21)27-15-19(24(30)26-12-6-1-7-13-26)31-18-10-4-3-9-17(18)27/h2-5,8-11,19,21H,1,6-7,12-15H2,(H,25,29)/t19-,21-/m0/s1. The number of carbonyl (C=O) groups is 3. The highest BCUT2D eigenvalue weighted by molar-refractivity contribution is 8.01. The molecule has 2 aromatic carbocycles. The van der Waals surface area contributed by atoms with Crippen LogP contribution in [-0.4, -0.2) is 53.6 Å². The number of anilines is 2. The molecule has 8 heteroatoms. The number of ether oxygens (including phenoxy) is 1. The lowest BCUT2D eigenvalue weighted by molar-refractivity contribution is -0.139. The average molecular weight is 452 g/mol. The predicted octanol–water partition coefficient (Wildman–Crippen LogP) is 3.30. The molecule has 32 heavy (non-hydrogen) atoms. The van der Waals surface area contributed by atoms with Crippen molar-refractivity contribution in [1.82, 2.24) is 4.90 Å². The number of para-hydroxylation sites is 3. The highest BCUT2D eigenvalue weighted by Crippen LogP contribution is 2.39. The summed E-state index contributed by atoms with van der Waals surface area (Å²) in [6.07, 6.45) is 2.43. The SMILES string of the molecule is O=C1Nc2ccccc2S[C@H]1CC(=O)N1C[C@@H](C(=O)N2CCCCC2)Oc2ccccc21. The van der Waals surface area contributed by atoms with Crippen LogP contribution in [0.15, 0.2) is 53.4 Å². The fourth-order valence-electron chi connectivity index (χ4n) is 4.41. The second-order valence-electron chi connectivity index (χ2n) is 8.26. The molecular weight excluding hydrogens is 426 g/mol. The smallest absolute Gasteiger partial charge is 0.265 e. The van der Waals surface area contributed by atoms with Crippen molar-refractivity contribution in [1.29, 1.82) is 0 Å². The number of nitrogens with one attached hydrogen (secondary N) is 1. The zero-order chi connectivity index (χ0) is 22.1. The highest BCUT2D eigenvalue weighted by atomic mass is 32.2. The van der Waals surface area contributed by atoms with E-state index in [1.165, 1.54) is 11.8 Å². The molecule has 0 aromatic heterocycles. The maximum Gasteiger partial charge on any atom is 0.265 e. The summed E-state index contributed by atoms with van der Waals surface area (Å²) in [4.78, 5) is 43.5. The molecule has 0 bridgehead atoms. The van der Waals surface area contributed by atoms with Gasteiger partial charge in [-0.25, -0.2) is 0 Å². The maximum atomic E-state index is 13.4. The van der Waals surface area contributed by atoms with Crippen LogP contribution in [0.5, 0.6) is 5.75 Å². The number of nitrogens with zero attached hydrogens (tertiary/aromatic N) is 2. The van der Waals surface area contributed by atoms with Crippen LogP contribution in [0.1, 0.15) is 25.7 Å². The van der Waals surface area contributed by atoms with Gasteiger partial charge in [-0.05, 0) is 43.5 Å². The summed E-state index contributed by atoms with van der Waals surface area (Å²) < 4.78 is 6.02. The van der Waals surface area contributed by atoms with Crippen molar-refractivity contribution in [3.8, 4) is 5.75 Å². The van der Waals surface area contributed by atoms with Gasteiger partial charge in [0.1, 0.15) is 5.75 Å². The lowest BCUT2D eigenvalue weighted by atomic mass is 10.1. The Bertz CT molecular complexity index is 1050. The minimum absolute atomic E-state index is 0.0454. The molecule has 2 atom stereocenters. The quantitative estimate of drug-likeness (QED) is 0.775. The Balaban J connectivity index is 1.35. The second kappa shape index (κ2) is 8.86. The molecule has 0 spiro atoms. The van der Waals surface area contributed by atoms with Gasteiger partial charge in [-0.1, -0.05) is 24.3 Å². The minimum Gasteiger partial charge on any atom is -0.476 e. The summed E-state index contributed by atoms with van der Waals surface area (Å²) in [6.45, 7) is 1.61.